The summed E-state index contributed by atoms with van der Waals surface area (Å²) in [4.78, 5) is -0.816. The van der Waals surface area contributed by atoms with Gasteiger partial charge >= 0.3 is 20.2 Å². The van der Waals surface area contributed by atoms with E-state index in [2.05, 4.69) is 0 Å². The molecule has 1 heterocycles. The fraction of sp³-hybridized carbons (Fsp3) is 0. The Kier molecular flexibility index (Phi) is 4.06. The number of fused-ring (bicyclic) bond motifs is 2. The zero-order valence-electron chi connectivity index (χ0n) is 10.5. The van der Waals surface area contributed by atoms with E-state index in [9.17, 15) is 16.8 Å². The first kappa shape index (κ1) is 16.3. The average molecular weight is 564 g/mol. The molecule has 1 aliphatic rings. The smallest absolute Gasteiger partial charge is 0.341 e. The molecule has 0 spiro atoms. The number of benzene rings is 2. The minimum Gasteiger partial charge on any atom is -0.375 e. The number of hydrogen-bond acceptors (Lipinski definition) is 6. The van der Waals surface area contributed by atoms with E-state index in [4.69, 9.17) is 8.37 Å². The molecule has 0 atom stereocenters. The summed E-state index contributed by atoms with van der Waals surface area (Å²) in [5.74, 6) is -0.349. The van der Waals surface area contributed by atoms with Crippen LogP contribution in [-0.4, -0.2) is 16.8 Å². The highest BCUT2D eigenvalue weighted by Crippen LogP contribution is 2.39. The SMILES string of the molecule is O=S1(=O)Oc2ccccc2OS(=O)(=O)c2c(I)ccc(I)c21. The molecule has 0 N–H and O–H groups in total. The van der Waals surface area contributed by atoms with Crippen LogP contribution in [0.15, 0.2) is 46.2 Å². The van der Waals surface area contributed by atoms with Gasteiger partial charge in [-0.25, -0.2) is 0 Å². The normalized spacial score (nSPS) is 17.9. The molecular weight excluding hydrogens is 558 g/mol. The van der Waals surface area contributed by atoms with Crippen molar-refractivity contribution in [3.63, 3.8) is 0 Å². The molecule has 0 saturated carbocycles. The van der Waals surface area contributed by atoms with Gasteiger partial charge in [-0.3, -0.25) is 0 Å². The molecule has 2 aromatic carbocycles. The first-order valence-corrected chi connectivity index (χ1v) is 10.7. The van der Waals surface area contributed by atoms with Crippen LogP contribution in [0.2, 0.25) is 0 Å². The third-order valence-corrected chi connectivity index (χ3v) is 8.07. The van der Waals surface area contributed by atoms with Crippen LogP contribution >= 0.6 is 45.2 Å². The maximum absolute atomic E-state index is 12.5. The van der Waals surface area contributed by atoms with E-state index in [1.807, 2.05) is 0 Å². The third-order valence-electron chi connectivity index (χ3n) is 2.76. The topological polar surface area (TPSA) is 86.7 Å². The molecule has 0 aromatic heterocycles. The average Bonchev–Trinajstić information content (AvgIpc) is 2.41. The van der Waals surface area contributed by atoms with Crippen molar-refractivity contribution in [3.05, 3.63) is 43.5 Å². The fourth-order valence-corrected chi connectivity index (χ4v) is 7.59. The van der Waals surface area contributed by atoms with Gasteiger partial charge in [0, 0.05) is 7.14 Å². The van der Waals surface area contributed by atoms with Crippen molar-refractivity contribution < 1.29 is 25.2 Å². The quantitative estimate of drug-likeness (QED) is 0.362. The molecule has 2 aromatic rings. The highest BCUT2D eigenvalue weighted by atomic mass is 127. The second-order valence-electron chi connectivity index (χ2n) is 4.21. The maximum atomic E-state index is 12.5. The fourth-order valence-electron chi connectivity index (χ4n) is 1.89. The highest BCUT2D eigenvalue weighted by molar-refractivity contribution is 14.1. The molecule has 0 fully saturated rings. The van der Waals surface area contributed by atoms with Gasteiger partial charge in [-0.15, -0.1) is 0 Å². The van der Waals surface area contributed by atoms with Crippen LogP contribution in [0.4, 0.5) is 0 Å². The molecule has 22 heavy (non-hydrogen) atoms. The minimum absolute atomic E-state index is 0.175. The summed E-state index contributed by atoms with van der Waals surface area (Å²) in [6.45, 7) is 0. The first-order chi connectivity index (χ1) is 10.2. The molecule has 0 radical (unpaired) electrons. The van der Waals surface area contributed by atoms with E-state index in [0.717, 1.165) is 0 Å². The van der Waals surface area contributed by atoms with Gasteiger partial charge in [-0.1, -0.05) is 12.1 Å². The Hall–Kier alpha value is -0.600. The lowest BCUT2D eigenvalue weighted by Gasteiger charge is -2.19. The Morgan fingerprint density at radius 2 is 1.05 bits per heavy atom. The first-order valence-electron chi connectivity index (χ1n) is 5.68. The van der Waals surface area contributed by atoms with Gasteiger partial charge in [0.2, 0.25) is 0 Å². The van der Waals surface area contributed by atoms with Crippen molar-refractivity contribution in [3.8, 4) is 11.5 Å². The lowest BCUT2D eigenvalue weighted by molar-refractivity contribution is 0.435. The van der Waals surface area contributed by atoms with Gasteiger partial charge in [-0.05, 0) is 69.4 Å². The Labute approximate surface area is 154 Å². The number of para-hydroxylation sites is 2. The molecule has 0 bridgehead atoms. The largest absolute Gasteiger partial charge is 0.375 e. The Morgan fingerprint density at radius 3 is 1.41 bits per heavy atom. The summed E-state index contributed by atoms with van der Waals surface area (Å²) in [6, 6.07) is 8.71. The van der Waals surface area contributed by atoms with E-state index in [1.54, 1.807) is 45.2 Å². The van der Waals surface area contributed by atoms with Gasteiger partial charge < -0.3 is 8.37 Å². The van der Waals surface area contributed by atoms with Crippen LogP contribution in [0.25, 0.3) is 0 Å². The van der Waals surface area contributed by atoms with E-state index in [-0.39, 0.29) is 18.6 Å². The zero-order chi connectivity index (χ0) is 16.1. The van der Waals surface area contributed by atoms with Crippen molar-refractivity contribution in [2.45, 2.75) is 9.79 Å². The third kappa shape index (κ3) is 2.69. The molecule has 3 rings (SSSR count). The number of halogens is 2. The monoisotopic (exact) mass is 564 g/mol. The second kappa shape index (κ2) is 5.49. The van der Waals surface area contributed by atoms with Crippen molar-refractivity contribution >= 4 is 65.4 Å². The van der Waals surface area contributed by atoms with E-state index in [0.29, 0.717) is 0 Å². The maximum Gasteiger partial charge on any atom is 0.341 e. The van der Waals surface area contributed by atoms with E-state index in [1.165, 1.54) is 36.4 Å². The van der Waals surface area contributed by atoms with E-state index < -0.39 is 30.0 Å². The van der Waals surface area contributed by atoms with Gasteiger partial charge in [0.25, 0.3) is 0 Å². The van der Waals surface area contributed by atoms with Crippen molar-refractivity contribution in [2.75, 3.05) is 0 Å². The number of hydrogen-bond donors (Lipinski definition) is 0. The van der Waals surface area contributed by atoms with Crippen LogP contribution in [0.1, 0.15) is 0 Å². The predicted octanol–water partition coefficient (Wildman–Crippen LogP) is 2.74. The van der Waals surface area contributed by atoms with Crippen LogP contribution in [0.5, 0.6) is 11.5 Å². The molecule has 10 heteroatoms. The Morgan fingerprint density at radius 1 is 0.682 bits per heavy atom. The Balaban J connectivity index is 2.44. The van der Waals surface area contributed by atoms with Gasteiger partial charge in [-0.2, -0.15) is 16.8 Å². The van der Waals surface area contributed by atoms with Gasteiger partial charge in [0.05, 0.1) is 0 Å². The van der Waals surface area contributed by atoms with E-state index >= 15 is 0 Å². The summed E-state index contributed by atoms with van der Waals surface area (Å²) >= 11 is 3.50. The number of rotatable bonds is 0. The molecule has 6 nitrogen and oxygen atoms in total. The summed E-state index contributed by atoms with van der Waals surface area (Å²) in [5, 5.41) is 0. The van der Waals surface area contributed by atoms with Crippen LogP contribution in [0.3, 0.4) is 0 Å². The molecule has 0 aliphatic carbocycles. The molecular formula is C12H6I2O6S2. The summed E-state index contributed by atoms with van der Waals surface area (Å²) in [6.07, 6.45) is 0. The van der Waals surface area contributed by atoms with Crippen molar-refractivity contribution in [1.82, 2.24) is 0 Å². The minimum atomic E-state index is -4.31. The summed E-state index contributed by atoms with van der Waals surface area (Å²) in [5.41, 5.74) is 0. The van der Waals surface area contributed by atoms with Crippen LogP contribution in [0, 0.1) is 7.14 Å². The van der Waals surface area contributed by atoms with Gasteiger partial charge in [0.1, 0.15) is 9.79 Å². The predicted molar refractivity (Wildman–Crippen MR) is 93.9 cm³/mol. The molecule has 0 amide bonds. The molecule has 1 aliphatic heterocycles. The second-order valence-corrected chi connectivity index (χ2v) is 9.50. The van der Waals surface area contributed by atoms with Gasteiger partial charge in [0.15, 0.2) is 11.5 Å². The van der Waals surface area contributed by atoms with Crippen molar-refractivity contribution in [1.29, 1.82) is 0 Å². The highest BCUT2D eigenvalue weighted by Gasteiger charge is 2.37. The van der Waals surface area contributed by atoms with Crippen LogP contribution in [-0.2, 0) is 20.2 Å². The lowest BCUT2D eigenvalue weighted by Crippen LogP contribution is -2.23. The standard InChI is InChI=1S/C12H6I2O6S2/c13-7-5-6-8(14)12-11(7)21(15,16)19-9-3-1-2-4-10(9)20-22(12,17)18/h1-6H. The molecule has 0 unspecified atom stereocenters. The van der Waals surface area contributed by atoms with Crippen LogP contribution < -0.4 is 8.37 Å². The lowest BCUT2D eigenvalue weighted by atomic mass is 10.3. The molecule has 116 valence electrons. The molecule has 0 saturated heterocycles. The Bertz CT molecular complexity index is 903. The summed E-state index contributed by atoms with van der Waals surface area (Å²) < 4.78 is 60.7. The van der Waals surface area contributed by atoms with Crippen molar-refractivity contribution in [2.24, 2.45) is 0 Å². The zero-order valence-corrected chi connectivity index (χ0v) is 16.4. The summed E-state index contributed by atoms with van der Waals surface area (Å²) in [7, 11) is -8.62.